The van der Waals surface area contributed by atoms with Gasteiger partial charge in [-0.25, -0.2) is 9.59 Å². The highest BCUT2D eigenvalue weighted by atomic mass is 16.4. The molecule has 6 nitrogen and oxygen atoms in total. The van der Waals surface area contributed by atoms with Gasteiger partial charge in [-0.1, -0.05) is 6.92 Å². The summed E-state index contributed by atoms with van der Waals surface area (Å²) in [6.45, 7) is 5.19. The fraction of sp³-hybridized carbons (Fsp3) is 0.867. The molecule has 0 spiro atoms. The second-order valence-electron chi connectivity index (χ2n) is 6.53. The lowest BCUT2D eigenvalue weighted by atomic mass is 9.93. The molecule has 0 saturated carbocycles. The Kier molecular flexibility index (Phi) is 4.76. The molecule has 21 heavy (non-hydrogen) atoms. The van der Waals surface area contributed by atoms with E-state index in [1.807, 2.05) is 6.92 Å². The molecule has 0 aromatic heterocycles. The first-order valence-electron chi connectivity index (χ1n) is 7.85. The molecule has 2 aliphatic rings. The molecule has 2 rings (SSSR count). The van der Waals surface area contributed by atoms with Gasteiger partial charge >= 0.3 is 12.0 Å². The van der Waals surface area contributed by atoms with Crippen LogP contribution in [0.4, 0.5) is 4.79 Å². The molecule has 1 N–H and O–H groups in total. The van der Waals surface area contributed by atoms with Gasteiger partial charge in [-0.3, -0.25) is 0 Å². The van der Waals surface area contributed by atoms with E-state index in [2.05, 4.69) is 11.9 Å². The molecule has 0 aromatic rings. The lowest BCUT2D eigenvalue weighted by Crippen LogP contribution is -2.56. The smallest absolute Gasteiger partial charge is 0.329 e. The first kappa shape index (κ1) is 16.1. The van der Waals surface area contributed by atoms with Crippen LogP contribution in [-0.4, -0.2) is 77.6 Å². The molecule has 2 fully saturated rings. The summed E-state index contributed by atoms with van der Waals surface area (Å²) in [4.78, 5) is 29.9. The van der Waals surface area contributed by atoms with Gasteiger partial charge in [0.15, 0.2) is 0 Å². The Labute approximate surface area is 126 Å². The molecule has 2 heterocycles. The van der Waals surface area contributed by atoms with Crippen LogP contribution >= 0.6 is 0 Å². The van der Waals surface area contributed by atoms with E-state index in [1.54, 1.807) is 16.8 Å². The van der Waals surface area contributed by atoms with E-state index in [9.17, 15) is 14.7 Å². The van der Waals surface area contributed by atoms with Crippen molar-refractivity contribution in [3.63, 3.8) is 0 Å². The normalized spacial score (nSPS) is 29.9. The monoisotopic (exact) mass is 297 g/mol. The number of carboxylic acids is 1. The van der Waals surface area contributed by atoms with Crippen molar-refractivity contribution in [1.82, 2.24) is 14.7 Å². The van der Waals surface area contributed by atoms with Crippen molar-refractivity contribution in [2.75, 3.05) is 40.3 Å². The maximum atomic E-state index is 12.7. The number of hydrogen-bond donors (Lipinski definition) is 1. The Morgan fingerprint density at radius 1 is 1.38 bits per heavy atom. The number of rotatable bonds is 4. The van der Waals surface area contributed by atoms with Crippen LogP contribution in [0.3, 0.4) is 0 Å². The lowest BCUT2D eigenvalue weighted by Gasteiger charge is -2.37. The van der Waals surface area contributed by atoms with E-state index in [0.29, 0.717) is 31.8 Å². The van der Waals surface area contributed by atoms with Crippen molar-refractivity contribution < 1.29 is 14.7 Å². The van der Waals surface area contributed by atoms with Gasteiger partial charge in [0.2, 0.25) is 0 Å². The molecule has 2 unspecified atom stereocenters. The van der Waals surface area contributed by atoms with E-state index < -0.39 is 11.5 Å². The number of carbonyl (C=O) groups excluding carboxylic acids is 1. The summed E-state index contributed by atoms with van der Waals surface area (Å²) < 4.78 is 0. The maximum absolute atomic E-state index is 12.7. The maximum Gasteiger partial charge on any atom is 0.329 e. The van der Waals surface area contributed by atoms with Gasteiger partial charge < -0.3 is 19.8 Å². The second kappa shape index (κ2) is 6.22. The molecule has 6 heteroatoms. The topological polar surface area (TPSA) is 64.1 Å². The molecule has 0 radical (unpaired) electrons. The molecule has 0 bridgehead atoms. The minimum atomic E-state index is -1.00. The second-order valence-corrected chi connectivity index (χ2v) is 6.53. The van der Waals surface area contributed by atoms with Gasteiger partial charge in [0.25, 0.3) is 0 Å². The zero-order valence-electron chi connectivity index (χ0n) is 13.3. The van der Waals surface area contributed by atoms with Crippen molar-refractivity contribution in [3.8, 4) is 0 Å². The SMILES string of the molecule is CCC1(C(=O)O)CCCN1C(=O)N(C)CC1CCN(C)C1. The first-order valence-corrected chi connectivity index (χ1v) is 7.85. The van der Waals surface area contributed by atoms with Gasteiger partial charge in [0.1, 0.15) is 5.54 Å². The third-order valence-corrected chi connectivity index (χ3v) is 5.05. The van der Waals surface area contributed by atoms with Crippen molar-refractivity contribution in [1.29, 1.82) is 0 Å². The summed E-state index contributed by atoms with van der Waals surface area (Å²) in [5.74, 6) is -0.378. The van der Waals surface area contributed by atoms with Gasteiger partial charge in [-0.2, -0.15) is 0 Å². The third kappa shape index (κ3) is 3.00. The number of likely N-dealkylation sites (tertiary alicyclic amines) is 2. The van der Waals surface area contributed by atoms with Crippen molar-refractivity contribution in [3.05, 3.63) is 0 Å². The average Bonchev–Trinajstić information content (AvgIpc) is 3.04. The number of urea groups is 1. The molecule has 120 valence electrons. The van der Waals surface area contributed by atoms with Crippen LogP contribution in [-0.2, 0) is 4.79 Å². The Balaban J connectivity index is 2.02. The zero-order valence-corrected chi connectivity index (χ0v) is 13.3. The summed E-state index contributed by atoms with van der Waals surface area (Å²) in [7, 11) is 3.88. The van der Waals surface area contributed by atoms with E-state index in [1.165, 1.54) is 0 Å². The Morgan fingerprint density at radius 2 is 2.10 bits per heavy atom. The van der Waals surface area contributed by atoms with Crippen LogP contribution in [0.2, 0.25) is 0 Å². The minimum absolute atomic E-state index is 0.133. The first-order chi connectivity index (χ1) is 9.90. The molecular weight excluding hydrogens is 270 g/mol. The summed E-state index contributed by atoms with van der Waals surface area (Å²) in [5.41, 5.74) is -1.00. The third-order valence-electron chi connectivity index (χ3n) is 5.05. The fourth-order valence-corrected chi connectivity index (χ4v) is 3.75. The number of carboxylic acid groups (broad SMARTS) is 1. The Hall–Kier alpha value is -1.30. The summed E-state index contributed by atoms with van der Waals surface area (Å²) in [5, 5.41) is 9.56. The van der Waals surface area contributed by atoms with Crippen LogP contribution in [0.5, 0.6) is 0 Å². The van der Waals surface area contributed by atoms with Crippen molar-refractivity contribution in [2.24, 2.45) is 5.92 Å². The van der Waals surface area contributed by atoms with Crippen LogP contribution in [0.15, 0.2) is 0 Å². The van der Waals surface area contributed by atoms with Gasteiger partial charge in [0, 0.05) is 26.7 Å². The minimum Gasteiger partial charge on any atom is -0.479 e. The molecule has 2 aliphatic heterocycles. The fourth-order valence-electron chi connectivity index (χ4n) is 3.75. The highest BCUT2D eigenvalue weighted by molar-refractivity contribution is 5.87. The number of carbonyl (C=O) groups is 2. The molecule has 2 amide bonds. The molecule has 2 saturated heterocycles. The van der Waals surface area contributed by atoms with Gasteiger partial charge in [-0.15, -0.1) is 0 Å². The zero-order chi connectivity index (χ0) is 15.6. The average molecular weight is 297 g/mol. The van der Waals surface area contributed by atoms with Gasteiger partial charge in [-0.05, 0) is 45.2 Å². The predicted octanol–water partition coefficient (Wildman–Crippen LogP) is 1.32. The van der Waals surface area contributed by atoms with Crippen LogP contribution in [0.1, 0.15) is 32.6 Å². The van der Waals surface area contributed by atoms with Crippen LogP contribution in [0, 0.1) is 5.92 Å². The lowest BCUT2D eigenvalue weighted by molar-refractivity contribution is -0.148. The molecule has 0 aromatic carbocycles. The highest BCUT2D eigenvalue weighted by Crippen LogP contribution is 2.33. The summed E-state index contributed by atoms with van der Waals surface area (Å²) >= 11 is 0. The highest BCUT2D eigenvalue weighted by Gasteiger charge is 2.49. The van der Waals surface area contributed by atoms with E-state index >= 15 is 0 Å². The van der Waals surface area contributed by atoms with Crippen molar-refractivity contribution >= 4 is 12.0 Å². The van der Waals surface area contributed by atoms with Crippen LogP contribution < -0.4 is 0 Å². The van der Waals surface area contributed by atoms with Crippen LogP contribution in [0.25, 0.3) is 0 Å². The summed E-state index contributed by atoms with van der Waals surface area (Å²) in [6, 6.07) is -0.133. The van der Waals surface area contributed by atoms with E-state index in [4.69, 9.17) is 0 Å². The number of amides is 2. The van der Waals surface area contributed by atoms with E-state index in [0.717, 1.165) is 25.9 Å². The quantitative estimate of drug-likeness (QED) is 0.850. The number of nitrogens with zero attached hydrogens (tertiary/aromatic N) is 3. The number of aliphatic carboxylic acids is 1. The largest absolute Gasteiger partial charge is 0.479 e. The Bertz CT molecular complexity index is 415. The predicted molar refractivity (Wildman–Crippen MR) is 80.2 cm³/mol. The number of hydrogen-bond acceptors (Lipinski definition) is 3. The molecule has 0 aliphatic carbocycles. The Morgan fingerprint density at radius 3 is 2.62 bits per heavy atom. The van der Waals surface area contributed by atoms with E-state index in [-0.39, 0.29) is 6.03 Å². The summed E-state index contributed by atoms with van der Waals surface area (Å²) in [6.07, 6.45) is 2.90. The van der Waals surface area contributed by atoms with Crippen molar-refractivity contribution in [2.45, 2.75) is 38.1 Å². The standard InChI is InChI=1S/C15H27N3O3/c1-4-15(13(19)20)7-5-8-18(15)14(21)17(3)11-12-6-9-16(2)10-12/h12H,4-11H2,1-3H3,(H,19,20). The molecule has 2 atom stereocenters. The van der Waals surface area contributed by atoms with Gasteiger partial charge in [0.05, 0.1) is 0 Å². The molecular formula is C15H27N3O3.